The van der Waals surface area contributed by atoms with Crippen molar-refractivity contribution in [2.75, 3.05) is 27.4 Å². The van der Waals surface area contributed by atoms with E-state index in [1.807, 2.05) is 6.07 Å². The van der Waals surface area contributed by atoms with Crippen LogP contribution in [0.25, 0.3) is 6.08 Å². The molecule has 0 saturated carbocycles. The highest BCUT2D eigenvalue weighted by molar-refractivity contribution is 5.89. The van der Waals surface area contributed by atoms with Gasteiger partial charge in [-0.15, -0.1) is 0 Å². The van der Waals surface area contributed by atoms with Crippen molar-refractivity contribution in [1.29, 1.82) is 0 Å². The Balaban J connectivity index is 1.76. The molecule has 9 heteroatoms. The first-order valence-electron chi connectivity index (χ1n) is 9.22. The van der Waals surface area contributed by atoms with E-state index in [1.165, 1.54) is 32.4 Å². The SMILES string of the molecule is COc1ccc(CCNC(=O)COC(=O)/C=C/c2cccc(C(F)(F)F)c2)cc1OC. The van der Waals surface area contributed by atoms with E-state index in [4.69, 9.17) is 14.2 Å². The van der Waals surface area contributed by atoms with Gasteiger partial charge in [0.05, 0.1) is 19.8 Å². The highest BCUT2D eigenvalue weighted by Crippen LogP contribution is 2.30. The topological polar surface area (TPSA) is 73.9 Å². The van der Waals surface area contributed by atoms with E-state index in [-0.39, 0.29) is 5.56 Å². The van der Waals surface area contributed by atoms with Crippen LogP contribution in [0.1, 0.15) is 16.7 Å². The zero-order chi connectivity index (χ0) is 22.9. The number of nitrogens with one attached hydrogen (secondary N) is 1. The van der Waals surface area contributed by atoms with Crippen LogP contribution in [-0.2, 0) is 26.9 Å². The van der Waals surface area contributed by atoms with E-state index in [1.54, 1.807) is 12.1 Å². The molecule has 0 bridgehead atoms. The van der Waals surface area contributed by atoms with Gasteiger partial charge in [-0.2, -0.15) is 13.2 Å². The molecule has 1 N–H and O–H groups in total. The van der Waals surface area contributed by atoms with Crippen LogP contribution in [0.2, 0.25) is 0 Å². The van der Waals surface area contributed by atoms with Crippen LogP contribution in [0.4, 0.5) is 13.2 Å². The number of amides is 1. The van der Waals surface area contributed by atoms with Gasteiger partial charge in [0.2, 0.25) is 0 Å². The van der Waals surface area contributed by atoms with Crippen LogP contribution in [0, 0.1) is 0 Å². The van der Waals surface area contributed by atoms with E-state index in [0.29, 0.717) is 24.5 Å². The maximum atomic E-state index is 12.7. The number of hydrogen-bond donors (Lipinski definition) is 1. The summed E-state index contributed by atoms with van der Waals surface area (Å²) in [4.78, 5) is 23.5. The van der Waals surface area contributed by atoms with Crippen LogP contribution in [-0.4, -0.2) is 39.2 Å². The molecule has 0 atom stereocenters. The smallest absolute Gasteiger partial charge is 0.416 e. The molecule has 31 heavy (non-hydrogen) atoms. The fraction of sp³-hybridized carbons (Fsp3) is 0.273. The van der Waals surface area contributed by atoms with Gasteiger partial charge in [0, 0.05) is 12.6 Å². The Morgan fingerprint density at radius 3 is 2.45 bits per heavy atom. The molecular weight excluding hydrogens is 415 g/mol. The number of esters is 1. The number of rotatable bonds is 9. The summed E-state index contributed by atoms with van der Waals surface area (Å²) in [7, 11) is 3.06. The first-order chi connectivity index (χ1) is 14.7. The van der Waals surface area contributed by atoms with Gasteiger partial charge >= 0.3 is 12.1 Å². The molecule has 0 radical (unpaired) electrons. The highest BCUT2D eigenvalue weighted by Gasteiger charge is 2.30. The standard InChI is InChI=1S/C22H22F3NO5/c1-29-18-8-6-16(13-19(18)30-2)10-11-26-20(27)14-31-21(28)9-7-15-4-3-5-17(12-15)22(23,24)25/h3-9,12-13H,10-11,14H2,1-2H3,(H,26,27)/b9-7+. The molecule has 2 rings (SSSR count). The summed E-state index contributed by atoms with van der Waals surface area (Å²) in [6.45, 7) is -0.191. The number of alkyl halides is 3. The third-order valence-corrected chi connectivity index (χ3v) is 4.16. The number of carbonyl (C=O) groups excluding carboxylic acids is 2. The van der Waals surface area contributed by atoms with Crippen molar-refractivity contribution in [2.24, 2.45) is 0 Å². The van der Waals surface area contributed by atoms with E-state index in [0.717, 1.165) is 23.8 Å². The second kappa shape index (κ2) is 11.1. The van der Waals surface area contributed by atoms with Crippen molar-refractivity contribution in [1.82, 2.24) is 5.32 Å². The number of carbonyl (C=O) groups is 2. The molecule has 0 aromatic heterocycles. The number of hydrogen-bond acceptors (Lipinski definition) is 5. The van der Waals surface area contributed by atoms with E-state index in [2.05, 4.69) is 5.32 Å². The van der Waals surface area contributed by atoms with Gasteiger partial charge in [-0.05, 0) is 47.9 Å². The lowest BCUT2D eigenvalue weighted by Gasteiger charge is -2.10. The lowest BCUT2D eigenvalue weighted by atomic mass is 10.1. The fourth-order valence-corrected chi connectivity index (χ4v) is 2.60. The Kier molecular flexibility index (Phi) is 8.48. The third kappa shape index (κ3) is 7.69. The number of methoxy groups -OCH3 is 2. The van der Waals surface area contributed by atoms with Crippen molar-refractivity contribution < 1.29 is 37.0 Å². The molecule has 0 spiro atoms. The fourth-order valence-electron chi connectivity index (χ4n) is 2.60. The molecule has 6 nitrogen and oxygen atoms in total. The Labute approximate surface area is 177 Å². The summed E-state index contributed by atoms with van der Waals surface area (Å²) in [6.07, 6.45) is -1.80. The zero-order valence-electron chi connectivity index (χ0n) is 17.0. The molecule has 0 fully saturated rings. The second-order valence-corrected chi connectivity index (χ2v) is 6.35. The van der Waals surface area contributed by atoms with Crippen molar-refractivity contribution in [3.63, 3.8) is 0 Å². The Morgan fingerprint density at radius 1 is 1.03 bits per heavy atom. The largest absolute Gasteiger partial charge is 0.493 e. The summed E-state index contributed by atoms with van der Waals surface area (Å²) in [5.74, 6) is -0.165. The zero-order valence-corrected chi connectivity index (χ0v) is 17.0. The van der Waals surface area contributed by atoms with Gasteiger partial charge in [0.25, 0.3) is 5.91 Å². The molecule has 2 aromatic rings. The summed E-state index contributed by atoms with van der Waals surface area (Å²) in [5, 5.41) is 2.61. The minimum atomic E-state index is -4.47. The first kappa shape index (κ1) is 23.8. The summed E-state index contributed by atoms with van der Waals surface area (Å²) >= 11 is 0. The molecular formula is C22H22F3NO5. The van der Waals surface area contributed by atoms with Crippen molar-refractivity contribution in [3.8, 4) is 11.5 Å². The Morgan fingerprint density at radius 2 is 1.77 bits per heavy atom. The number of benzene rings is 2. The van der Waals surface area contributed by atoms with Gasteiger partial charge in [0.15, 0.2) is 18.1 Å². The highest BCUT2D eigenvalue weighted by atomic mass is 19.4. The third-order valence-electron chi connectivity index (χ3n) is 4.16. The monoisotopic (exact) mass is 437 g/mol. The molecule has 166 valence electrons. The Bertz CT molecular complexity index is 941. The molecule has 0 unspecified atom stereocenters. The molecule has 0 aliphatic carbocycles. The van der Waals surface area contributed by atoms with Crippen molar-refractivity contribution in [2.45, 2.75) is 12.6 Å². The summed E-state index contributed by atoms with van der Waals surface area (Å²) < 4.78 is 53.2. The van der Waals surface area contributed by atoms with Gasteiger partial charge in [-0.25, -0.2) is 4.79 Å². The normalized spacial score (nSPS) is 11.3. The number of halogens is 3. The van der Waals surface area contributed by atoms with E-state index >= 15 is 0 Å². The summed E-state index contributed by atoms with van der Waals surface area (Å²) in [6, 6.07) is 9.89. The van der Waals surface area contributed by atoms with Gasteiger partial charge in [-0.1, -0.05) is 18.2 Å². The van der Waals surface area contributed by atoms with Crippen LogP contribution in [0.15, 0.2) is 48.5 Å². The maximum Gasteiger partial charge on any atom is 0.416 e. The lowest BCUT2D eigenvalue weighted by Crippen LogP contribution is -2.30. The number of ether oxygens (including phenoxy) is 3. The van der Waals surface area contributed by atoms with E-state index < -0.39 is 30.2 Å². The van der Waals surface area contributed by atoms with Gasteiger partial charge < -0.3 is 19.5 Å². The second-order valence-electron chi connectivity index (χ2n) is 6.35. The maximum absolute atomic E-state index is 12.7. The first-order valence-corrected chi connectivity index (χ1v) is 9.22. The van der Waals surface area contributed by atoms with Gasteiger partial charge in [0.1, 0.15) is 0 Å². The van der Waals surface area contributed by atoms with Crippen LogP contribution in [0.5, 0.6) is 11.5 Å². The minimum absolute atomic E-state index is 0.186. The molecule has 0 aliphatic heterocycles. The van der Waals surface area contributed by atoms with Crippen LogP contribution < -0.4 is 14.8 Å². The van der Waals surface area contributed by atoms with Crippen LogP contribution in [0.3, 0.4) is 0 Å². The van der Waals surface area contributed by atoms with Crippen LogP contribution >= 0.6 is 0 Å². The molecule has 0 aliphatic rings. The minimum Gasteiger partial charge on any atom is -0.493 e. The Hall–Kier alpha value is -3.49. The predicted octanol–water partition coefficient (Wildman–Crippen LogP) is 3.64. The lowest BCUT2D eigenvalue weighted by molar-refractivity contribution is -0.143. The summed E-state index contributed by atoms with van der Waals surface area (Å²) in [5.41, 5.74) is 0.280. The van der Waals surface area contributed by atoms with E-state index in [9.17, 15) is 22.8 Å². The molecule has 0 heterocycles. The van der Waals surface area contributed by atoms with Crippen molar-refractivity contribution in [3.05, 3.63) is 65.2 Å². The average molecular weight is 437 g/mol. The predicted molar refractivity (Wildman–Crippen MR) is 108 cm³/mol. The quantitative estimate of drug-likeness (QED) is 0.479. The molecule has 2 aromatic carbocycles. The average Bonchev–Trinajstić information content (AvgIpc) is 2.75. The van der Waals surface area contributed by atoms with Crippen molar-refractivity contribution >= 4 is 18.0 Å². The van der Waals surface area contributed by atoms with Gasteiger partial charge in [-0.3, -0.25) is 4.79 Å². The molecule has 0 saturated heterocycles. The molecule has 1 amide bonds.